The van der Waals surface area contributed by atoms with Crippen LogP contribution in [0.5, 0.6) is 0 Å². The fourth-order valence-corrected chi connectivity index (χ4v) is 2.36. The molecule has 1 heteroatoms. The summed E-state index contributed by atoms with van der Waals surface area (Å²) in [6.07, 6.45) is 11.0. The van der Waals surface area contributed by atoms with Crippen molar-refractivity contribution in [1.29, 1.82) is 0 Å². The minimum absolute atomic E-state index is 0.320. The standard InChI is InChI=1S/C16H22O/c1-2-7-15-10-6-11-16(17-15)13-12-14-8-4-3-5-9-14/h3-6,8-9,11,15-16H,2,7,10,12-13H2,1H3. The topological polar surface area (TPSA) is 9.23 Å². The third kappa shape index (κ3) is 4.01. The lowest BCUT2D eigenvalue weighted by atomic mass is 10.0. The van der Waals surface area contributed by atoms with E-state index in [1.54, 1.807) is 0 Å². The third-order valence-electron chi connectivity index (χ3n) is 3.29. The van der Waals surface area contributed by atoms with Gasteiger partial charge in [0, 0.05) is 0 Å². The van der Waals surface area contributed by atoms with Crippen LogP contribution in [0.4, 0.5) is 0 Å². The Kier molecular flexibility index (Phi) is 4.81. The summed E-state index contributed by atoms with van der Waals surface area (Å²) in [5.41, 5.74) is 1.40. The summed E-state index contributed by atoms with van der Waals surface area (Å²) in [6, 6.07) is 10.7. The second kappa shape index (κ2) is 6.61. The molecule has 2 unspecified atom stereocenters. The van der Waals surface area contributed by atoms with Gasteiger partial charge in [-0.05, 0) is 31.2 Å². The first-order chi connectivity index (χ1) is 8.38. The molecule has 0 aliphatic carbocycles. The van der Waals surface area contributed by atoms with Gasteiger partial charge in [-0.2, -0.15) is 0 Å². The normalized spacial score (nSPS) is 23.8. The van der Waals surface area contributed by atoms with Crippen molar-refractivity contribution in [2.24, 2.45) is 0 Å². The number of hydrogen-bond donors (Lipinski definition) is 0. The molecule has 1 heterocycles. The molecule has 92 valence electrons. The van der Waals surface area contributed by atoms with Crippen LogP contribution >= 0.6 is 0 Å². The highest BCUT2D eigenvalue weighted by atomic mass is 16.5. The van der Waals surface area contributed by atoms with E-state index in [4.69, 9.17) is 4.74 Å². The molecule has 1 aliphatic rings. The maximum absolute atomic E-state index is 6.06. The molecular weight excluding hydrogens is 208 g/mol. The van der Waals surface area contributed by atoms with Crippen LogP contribution in [0.15, 0.2) is 42.5 Å². The van der Waals surface area contributed by atoms with Crippen LogP contribution in [0.2, 0.25) is 0 Å². The number of ether oxygens (including phenoxy) is 1. The average Bonchev–Trinajstić information content (AvgIpc) is 2.39. The Morgan fingerprint density at radius 3 is 2.76 bits per heavy atom. The Balaban J connectivity index is 1.79. The molecule has 0 fully saturated rings. The highest BCUT2D eigenvalue weighted by Gasteiger charge is 2.16. The first kappa shape index (κ1) is 12.4. The van der Waals surface area contributed by atoms with Crippen LogP contribution in [0, 0.1) is 0 Å². The predicted octanol–water partition coefficient (Wildman–Crippen LogP) is 4.13. The van der Waals surface area contributed by atoms with Crippen LogP contribution in [-0.2, 0) is 11.2 Å². The molecule has 2 atom stereocenters. The molecule has 1 aliphatic heterocycles. The van der Waals surface area contributed by atoms with Crippen molar-refractivity contribution < 1.29 is 4.74 Å². The van der Waals surface area contributed by atoms with Crippen molar-refractivity contribution in [2.45, 2.75) is 51.2 Å². The van der Waals surface area contributed by atoms with E-state index in [2.05, 4.69) is 49.4 Å². The largest absolute Gasteiger partial charge is 0.371 e. The van der Waals surface area contributed by atoms with Crippen molar-refractivity contribution in [3.05, 3.63) is 48.0 Å². The van der Waals surface area contributed by atoms with Crippen molar-refractivity contribution in [3.63, 3.8) is 0 Å². The molecule has 0 N–H and O–H groups in total. The van der Waals surface area contributed by atoms with Gasteiger partial charge in [0.25, 0.3) is 0 Å². The SMILES string of the molecule is CCCC1CC=CC(CCc2ccccc2)O1. The van der Waals surface area contributed by atoms with E-state index in [0.29, 0.717) is 12.2 Å². The molecule has 0 amide bonds. The zero-order chi connectivity index (χ0) is 11.9. The van der Waals surface area contributed by atoms with Crippen molar-refractivity contribution in [2.75, 3.05) is 0 Å². The van der Waals surface area contributed by atoms with E-state index in [1.165, 1.54) is 18.4 Å². The van der Waals surface area contributed by atoms with Gasteiger partial charge in [-0.25, -0.2) is 0 Å². The van der Waals surface area contributed by atoms with Crippen LogP contribution < -0.4 is 0 Å². The van der Waals surface area contributed by atoms with E-state index < -0.39 is 0 Å². The highest BCUT2D eigenvalue weighted by molar-refractivity contribution is 5.15. The molecule has 0 bridgehead atoms. The molecule has 0 aromatic heterocycles. The summed E-state index contributed by atoms with van der Waals surface area (Å²) in [5, 5.41) is 0. The predicted molar refractivity (Wildman–Crippen MR) is 72.1 cm³/mol. The Bertz CT molecular complexity index is 342. The Hall–Kier alpha value is -1.08. The molecule has 1 aromatic carbocycles. The van der Waals surface area contributed by atoms with Gasteiger partial charge in [0.2, 0.25) is 0 Å². The Morgan fingerprint density at radius 1 is 1.18 bits per heavy atom. The second-order valence-corrected chi connectivity index (χ2v) is 4.77. The summed E-state index contributed by atoms with van der Waals surface area (Å²) in [5.74, 6) is 0. The third-order valence-corrected chi connectivity index (χ3v) is 3.29. The van der Waals surface area contributed by atoms with Crippen molar-refractivity contribution in [1.82, 2.24) is 0 Å². The molecule has 17 heavy (non-hydrogen) atoms. The van der Waals surface area contributed by atoms with Gasteiger partial charge in [-0.3, -0.25) is 0 Å². The number of aryl methyl sites for hydroxylation is 1. The number of rotatable bonds is 5. The zero-order valence-corrected chi connectivity index (χ0v) is 10.6. The lowest BCUT2D eigenvalue weighted by molar-refractivity contribution is -0.00210. The van der Waals surface area contributed by atoms with Crippen LogP contribution in [0.25, 0.3) is 0 Å². The van der Waals surface area contributed by atoms with Crippen LogP contribution in [0.1, 0.15) is 38.2 Å². The Morgan fingerprint density at radius 2 is 2.00 bits per heavy atom. The van der Waals surface area contributed by atoms with Crippen molar-refractivity contribution in [3.8, 4) is 0 Å². The monoisotopic (exact) mass is 230 g/mol. The minimum atomic E-state index is 0.320. The molecule has 0 spiro atoms. The maximum atomic E-state index is 6.06. The zero-order valence-electron chi connectivity index (χ0n) is 10.6. The van der Waals surface area contributed by atoms with Crippen LogP contribution in [-0.4, -0.2) is 12.2 Å². The van der Waals surface area contributed by atoms with E-state index in [1.807, 2.05) is 0 Å². The van der Waals surface area contributed by atoms with Gasteiger partial charge in [0.1, 0.15) is 0 Å². The second-order valence-electron chi connectivity index (χ2n) is 4.77. The minimum Gasteiger partial charge on any atom is -0.371 e. The molecule has 0 saturated carbocycles. The fraction of sp³-hybridized carbons (Fsp3) is 0.500. The summed E-state index contributed by atoms with van der Waals surface area (Å²) in [6.45, 7) is 2.22. The van der Waals surface area contributed by atoms with E-state index in [9.17, 15) is 0 Å². The van der Waals surface area contributed by atoms with Gasteiger partial charge in [0.05, 0.1) is 12.2 Å². The first-order valence-electron chi connectivity index (χ1n) is 6.74. The first-order valence-corrected chi connectivity index (χ1v) is 6.74. The molecule has 0 saturated heterocycles. The van der Waals surface area contributed by atoms with E-state index in [-0.39, 0.29) is 0 Å². The summed E-state index contributed by atoms with van der Waals surface area (Å²) < 4.78 is 6.06. The van der Waals surface area contributed by atoms with Gasteiger partial charge in [0.15, 0.2) is 0 Å². The number of hydrogen-bond acceptors (Lipinski definition) is 1. The molecule has 1 nitrogen and oxygen atoms in total. The smallest absolute Gasteiger partial charge is 0.0762 e. The molecule has 2 rings (SSSR count). The van der Waals surface area contributed by atoms with Gasteiger partial charge in [-0.15, -0.1) is 0 Å². The summed E-state index contributed by atoms with van der Waals surface area (Å²) in [7, 11) is 0. The van der Waals surface area contributed by atoms with Gasteiger partial charge in [-0.1, -0.05) is 55.8 Å². The van der Waals surface area contributed by atoms with Gasteiger partial charge < -0.3 is 4.74 Å². The molecule has 1 aromatic rings. The quantitative estimate of drug-likeness (QED) is 0.691. The van der Waals surface area contributed by atoms with E-state index in [0.717, 1.165) is 19.3 Å². The molecular formula is C16H22O. The van der Waals surface area contributed by atoms with E-state index >= 15 is 0 Å². The lowest BCUT2D eigenvalue weighted by Crippen LogP contribution is -2.24. The average molecular weight is 230 g/mol. The Labute approximate surface area is 104 Å². The fourth-order valence-electron chi connectivity index (χ4n) is 2.36. The number of benzene rings is 1. The molecule has 0 radical (unpaired) electrons. The van der Waals surface area contributed by atoms with Crippen LogP contribution in [0.3, 0.4) is 0 Å². The summed E-state index contributed by atoms with van der Waals surface area (Å²) >= 11 is 0. The van der Waals surface area contributed by atoms with Gasteiger partial charge >= 0.3 is 0 Å². The lowest BCUT2D eigenvalue weighted by Gasteiger charge is -2.25. The summed E-state index contributed by atoms with van der Waals surface area (Å²) in [4.78, 5) is 0. The highest BCUT2D eigenvalue weighted by Crippen LogP contribution is 2.19. The maximum Gasteiger partial charge on any atom is 0.0762 e. The van der Waals surface area contributed by atoms with Crippen molar-refractivity contribution >= 4 is 0 Å².